The van der Waals surface area contributed by atoms with Crippen LogP contribution in [0.15, 0.2) is 0 Å². The molecule has 4 radical (unpaired) electrons. The van der Waals surface area contributed by atoms with Crippen molar-refractivity contribution < 1.29 is 4.74 Å². The molecule has 0 N–H and O–H groups in total. The minimum atomic E-state index is -0.214. The van der Waals surface area contributed by atoms with Gasteiger partial charge in [-0.1, -0.05) is 12.6 Å². The molecule has 9 heavy (non-hydrogen) atoms. The summed E-state index contributed by atoms with van der Waals surface area (Å²) in [6.07, 6.45) is 1.97. The van der Waals surface area contributed by atoms with Crippen molar-refractivity contribution >= 4 is 15.7 Å². The van der Waals surface area contributed by atoms with Crippen molar-refractivity contribution in [1.29, 1.82) is 0 Å². The molecule has 0 saturated carbocycles. The fourth-order valence-electron chi connectivity index (χ4n) is 0.593. The van der Waals surface area contributed by atoms with E-state index in [1.807, 2.05) is 6.92 Å². The monoisotopic (exact) mass is 122 g/mol. The molecule has 0 aliphatic carbocycles. The molecule has 3 heteroatoms. The first kappa shape index (κ1) is 9.09. The summed E-state index contributed by atoms with van der Waals surface area (Å²) < 4.78 is 5.12. The van der Waals surface area contributed by atoms with Crippen molar-refractivity contribution in [3.05, 3.63) is 0 Å². The van der Waals surface area contributed by atoms with Crippen LogP contribution in [-0.4, -0.2) is 28.4 Å². The molecule has 0 fully saturated rings. The van der Waals surface area contributed by atoms with E-state index < -0.39 is 0 Å². The summed E-state index contributed by atoms with van der Waals surface area (Å²) in [4.78, 5) is 0. The van der Waals surface area contributed by atoms with Gasteiger partial charge in [-0.05, 0) is 13.3 Å². The summed E-state index contributed by atoms with van der Waals surface area (Å²) in [5, 5.41) is 0. The summed E-state index contributed by atoms with van der Waals surface area (Å²) >= 11 is 0. The quantitative estimate of drug-likeness (QED) is 0.504. The lowest BCUT2D eigenvalue weighted by atomic mass is 9.81. The zero-order valence-corrected chi connectivity index (χ0v) is 6.18. The maximum atomic E-state index is 5.42. The van der Waals surface area contributed by atoms with Gasteiger partial charge in [-0.25, -0.2) is 0 Å². The first-order valence-electron chi connectivity index (χ1n) is 3.14. The summed E-state index contributed by atoms with van der Waals surface area (Å²) in [5.41, 5.74) is -0.214. The van der Waals surface area contributed by atoms with Crippen molar-refractivity contribution in [2.45, 2.75) is 31.6 Å². The molecule has 0 aromatic carbocycles. The molecule has 0 aromatic heterocycles. The van der Waals surface area contributed by atoms with E-state index in [4.69, 9.17) is 20.4 Å². The summed E-state index contributed by atoms with van der Waals surface area (Å²) in [6.45, 7) is 1.96. The van der Waals surface area contributed by atoms with Gasteiger partial charge in [0, 0.05) is 7.11 Å². The third-order valence-corrected chi connectivity index (χ3v) is 1.60. The van der Waals surface area contributed by atoms with E-state index in [2.05, 4.69) is 0 Å². The first-order chi connectivity index (χ1) is 4.18. The molecule has 0 saturated heterocycles. The van der Waals surface area contributed by atoms with E-state index in [1.54, 1.807) is 7.11 Å². The van der Waals surface area contributed by atoms with E-state index in [-0.39, 0.29) is 5.60 Å². The highest BCUT2D eigenvalue weighted by Crippen LogP contribution is 2.18. The molecule has 0 spiro atoms. The smallest absolute Gasteiger partial charge is 0.0691 e. The molecule has 0 amide bonds. The molecule has 0 aliphatic rings. The number of ether oxygens (including phenoxy) is 1. The maximum Gasteiger partial charge on any atom is 0.0691 e. The predicted octanol–water partition coefficient (Wildman–Crippen LogP) is 0.955. The molecule has 0 aliphatic heterocycles. The Balaban J connectivity index is 3.62. The van der Waals surface area contributed by atoms with Crippen LogP contribution in [0.25, 0.3) is 0 Å². The Morgan fingerprint density at radius 2 is 2.00 bits per heavy atom. The summed E-state index contributed by atoms with van der Waals surface area (Å²) in [6, 6.07) is 0. The largest absolute Gasteiger partial charge is 0.379 e. The molecule has 1 atom stereocenters. The molecule has 48 valence electrons. The lowest BCUT2D eigenvalue weighted by molar-refractivity contribution is 0.0204. The van der Waals surface area contributed by atoms with Crippen molar-refractivity contribution in [1.82, 2.24) is 0 Å². The van der Waals surface area contributed by atoms with Gasteiger partial charge in [-0.15, -0.1) is 0 Å². The third kappa shape index (κ3) is 2.95. The Morgan fingerprint density at radius 3 is 2.11 bits per heavy atom. The Morgan fingerprint density at radius 1 is 1.44 bits per heavy atom. The van der Waals surface area contributed by atoms with Crippen LogP contribution in [0.1, 0.15) is 13.3 Å². The van der Waals surface area contributed by atoms with Crippen LogP contribution in [0.5, 0.6) is 0 Å². The van der Waals surface area contributed by atoms with Gasteiger partial charge in [0.2, 0.25) is 0 Å². The SMILES string of the molecule is [B]CCC(C)(C[B])OC. The third-order valence-electron chi connectivity index (χ3n) is 1.60. The predicted molar refractivity (Wildman–Crippen MR) is 41.2 cm³/mol. The van der Waals surface area contributed by atoms with Crippen molar-refractivity contribution in [2.75, 3.05) is 7.11 Å². The summed E-state index contributed by atoms with van der Waals surface area (Å²) in [7, 11) is 12.4. The number of methoxy groups -OCH3 is 1. The van der Waals surface area contributed by atoms with Crippen LogP contribution >= 0.6 is 0 Å². The van der Waals surface area contributed by atoms with Gasteiger partial charge in [0.15, 0.2) is 0 Å². The van der Waals surface area contributed by atoms with Crippen LogP contribution in [0.3, 0.4) is 0 Å². The minimum absolute atomic E-state index is 0.214. The van der Waals surface area contributed by atoms with Crippen molar-refractivity contribution in [3.63, 3.8) is 0 Å². The standard InChI is InChI=1S/C6H12B2O/c1-6(5-8,9-2)3-4-7/h3-5H2,1-2H3. The van der Waals surface area contributed by atoms with E-state index in [0.717, 1.165) is 6.42 Å². The maximum absolute atomic E-state index is 5.42. The lowest BCUT2D eigenvalue weighted by Crippen LogP contribution is -2.26. The van der Waals surface area contributed by atoms with Gasteiger partial charge in [0.25, 0.3) is 0 Å². The number of hydrogen-bond donors (Lipinski definition) is 0. The summed E-state index contributed by atoms with van der Waals surface area (Å²) in [5.74, 6) is 0. The van der Waals surface area contributed by atoms with Gasteiger partial charge < -0.3 is 4.74 Å². The minimum Gasteiger partial charge on any atom is -0.379 e. The molecule has 1 unspecified atom stereocenters. The Hall–Kier alpha value is 0.0899. The first-order valence-corrected chi connectivity index (χ1v) is 3.14. The van der Waals surface area contributed by atoms with Gasteiger partial charge in [-0.2, -0.15) is 0 Å². The van der Waals surface area contributed by atoms with E-state index in [1.165, 1.54) is 0 Å². The number of rotatable bonds is 4. The fraction of sp³-hybridized carbons (Fsp3) is 1.00. The average molecular weight is 122 g/mol. The normalized spacial score (nSPS) is 17.1. The zero-order valence-electron chi connectivity index (χ0n) is 6.18. The van der Waals surface area contributed by atoms with Gasteiger partial charge >= 0.3 is 0 Å². The fourth-order valence-corrected chi connectivity index (χ4v) is 0.593. The van der Waals surface area contributed by atoms with Crippen LogP contribution in [0.2, 0.25) is 12.6 Å². The van der Waals surface area contributed by atoms with Crippen LogP contribution < -0.4 is 0 Å². The Bertz CT molecular complexity index is 71.5. The zero-order chi connectivity index (χ0) is 7.33. The topological polar surface area (TPSA) is 9.23 Å². The van der Waals surface area contributed by atoms with Crippen LogP contribution in [0.4, 0.5) is 0 Å². The Kier molecular flexibility index (Phi) is 4.03. The molecule has 1 nitrogen and oxygen atoms in total. The van der Waals surface area contributed by atoms with E-state index in [9.17, 15) is 0 Å². The highest BCUT2D eigenvalue weighted by atomic mass is 16.5. The highest BCUT2D eigenvalue weighted by molar-refractivity contribution is 6.10. The molecule has 0 rings (SSSR count). The molecule has 0 heterocycles. The van der Waals surface area contributed by atoms with Gasteiger partial charge in [-0.3, -0.25) is 0 Å². The lowest BCUT2D eigenvalue weighted by Gasteiger charge is -2.26. The number of hydrogen-bond acceptors (Lipinski definition) is 1. The van der Waals surface area contributed by atoms with Crippen LogP contribution in [0, 0.1) is 0 Å². The van der Waals surface area contributed by atoms with Crippen molar-refractivity contribution in [3.8, 4) is 0 Å². The molecular weight excluding hydrogens is 110 g/mol. The average Bonchev–Trinajstić information content (AvgIpc) is 1.89. The second kappa shape index (κ2) is 3.99. The van der Waals surface area contributed by atoms with E-state index in [0.29, 0.717) is 12.6 Å². The molecule has 0 bridgehead atoms. The second-order valence-corrected chi connectivity index (χ2v) is 2.40. The van der Waals surface area contributed by atoms with Crippen molar-refractivity contribution in [2.24, 2.45) is 0 Å². The Labute approximate surface area is 60.0 Å². The molecular formula is C6H12B2O. The van der Waals surface area contributed by atoms with Gasteiger partial charge in [0.05, 0.1) is 21.3 Å². The van der Waals surface area contributed by atoms with Crippen LogP contribution in [-0.2, 0) is 4.74 Å². The highest BCUT2D eigenvalue weighted by Gasteiger charge is 2.17. The molecule has 0 aromatic rings. The van der Waals surface area contributed by atoms with E-state index >= 15 is 0 Å². The second-order valence-electron chi connectivity index (χ2n) is 2.40. The van der Waals surface area contributed by atoms with Gasteiger partial charge in [0.1, 0.15) is 0 Å².